The quantitative estimate of drug-likeness (QED) is 0.462. The molecule has 0 amide bonds. The van der Waals surface area contributed by atoms with Gasteiger partial charge in [-0.3, -0.25) is 10.1 Å². The number of nitro groups is 1. The molecule has 9 nitrogen and oxygen atoms in total. The molecule has 1 fully saturated rings. The van der Waals surface area contributed by atoms with Crippen molar-refractivity contribution in [3.05, 3.63) is 70.6 Å². The van der Waals surface area contributed by atoms with Crippen LogP contribution >= 0.6 is 0 Å². The number of nitrogens with zero attached hydrogens (tertiary/aromatic N) is 4. The van der Waals surface area contributed by atoms with Crippen molar-refractivity contribution in [2.45, 2.75) is 30.2 Å². The van der Waals surface area contributed by atoms with Gasteiger partial charge >= 0.3 is 0 Å². The molecule has 2 aromatic carbocycles. The molecule has 1 aromatic heterocycles. The Labute approximate surface area is 167 Å². The lowest BCUT2D eigenvalue weighted by atomic mass is 10.1. The van der Waals surface area contributed by atoms with E-state index in [2.05, 4.69) is 10.1 Å². The van der Waals surface area contributed by atoms with E-state index in [-0.39, 0.29) is 16.5 Å². The van der Waals surface area contributed by atoms with E-state index in [1.54, 1.807) is 0 Å². The van der Waals surface area contributed by atoms with E-state index in [0.29, 0.717) is 25.2 Å². The Morgan fingerprint density at radius 3 is 2.48 bits per heavy atom. The summed E-state index contributed by atoms with van der Waals surface area (Å²) in [4.78, 5) is 14.7. The van der Waals surface area contributed by atoms with Crippen LogP contribution in [0.4, 0.5) is 5.69 Å². The summed E-state index contributed by atoms with van der Waals surface area (Å²) in [6.45, 7) is 0.313. The Hall–Kier alpha value is -3.11. The van der Waals surface area contributed by atoms with Gasteiger partial charge in [-0.15, -0.1) is 0 Å². The molecule has 0 aliphatic carbocycles. The first kappa shape index (κ1) is 19.2. The van der Waals surface area contributed by atoms with Crippen molar-refractivity contribution >= 4 is 15.7 Å². The summed E-state index contributed by atoms with van der Waals surface area (Å²) < 4.78 is 33.2. The molecule has 1 atom stereocenters. The van der Waals surface area contributed by atoms with Crippen LogP contribution in [0.25, 0.3) is 11.4 Å². The summed E-state index contributed by atoms with van der Waals surface area (Å²) in [5, 5.41) is 14.8. The minimum absolute atomic E-state index is 0.00204. The average Bonchev–Trinajstić information content (AvgIpc) is 3.25. The number of benzene rings is 2. The molecule has 2 heterocycles. The van der Waals surface area contributed by atoms with E-state index in [9.17, 15) is 18.5 Å². The predicted molar refractivity (Wildman–Crippen MR) is 103 cm³/mol. The molecule has 150 valence electrons. The number of rotatable bonds is 5. The van der Waals surface area contributed by atoms with Crippen LogP contribution in [0, 0.1) is 10.1 Å². The lowest BCUT2D eigenvalue weighted by Gasteiger charge is -2.32. The predicted octanol–water partition coefficient (Wildman–Crippen LogP) is 3.56. The van der Waals surface area contributed by atoms with Crippen LogP contribution in [-0.4, -0.2) is 34.3 Å². The third-order valence-electron chi connectivity index (χ3n) is 4.87. The van der Waals surface area contributed by atoms with E-state index in [0.717, 1.165) is 12.0 Å². The van der Waals surface area contributed by atoms with Crippen molar-refractivity contribution in [3.63, 3.8) is 0 Å². The molecule has 0 saturated carbocycles. The number of piperidine rings is 1. The topological polar surface area (TPSA) is 119 Å². The minimum atomic E-state index is -3.87. The van der Waals surface area contributed by atoms with Gasteiger partial charge < -0.3 is 4.52 Å². The SMILES string of the molecule is O=[N+]([O-])c1ccc(S(=O)(=O)N2CCCC[C@H]2c2nc(-c3ccccc3)no2)cc1. The first-order valence-electron chi connectivity index (χ1n) is 9.12. The van der Waals surface area contributed by atoms with Gasteiger partial charge in [0, 0.05) is 24.2 Å². The van der Waals surface area contributed by atoms with Crippen LogP contribution in [-0.2, 0) is 10.0 Å². The second kappa shape index (κ2) is 7.72. The molecule has 1 aliphatic rings. The number of nitro benzene ring substituents is 1. The molecule has 3 aromatic rings. The molecular formula is C19H18N4O5S. The lowest BCUT2D eigenvalue weighted by molar-refractivity contribution is -0.384. The molecule has 4 rings (SSSR count). The zero-order valence-electron chi connectivity index (χ0n) is 15.3. The smallest absolute Gasteiger partial charge is 0.269 e. The molecule has 10 heteroatoms. The van der Waals surface area contributed by atoms with Crippen molar-refractivity contribution < 1.29 is 17.9 Å². The monoisotopic (exact) mass is 414 g/mol. The number of sulfonamides is 1. The van der Waals surface area contributed by atoms with Crippen LogP contribution in [0.3, 0.4) is 0 Å². The minimum Gasteiger partial charge on any atom is -0.337 e. The first-order chi connectivity index (χ1) is 14.0. The van der Waals surface area contributed by atoms with Gasteiger partial charge in [0.15, 0.2) is 0 Å². The largest absolute Gasteiger partial charge is 0.337 e. The highest BCUT2D eigenvalue weighted by Crippen LogP contribution is 2.35. The first-order valence-corrected chi connectivity index (χ1v) is 10.6. The summed E-state index contributed by atoms with van der Waals surface area (Å²) in [6.07, 6.45) is 2.10. The van der Waals surface area contributed by atoms with Gasteiger partial charge in [0.2, 0.25) is 21.7 Å². The highest BCUT2D eigenvalue weighted by atomic mass is 32.2. The fraction of sp³-hybridized carbons (Fsp3) is 0.263. The molecule has 0 unspecified atom stereocenters. The van der Waals surface area contributed by atoms with E-state index in [1.807, 2.05) is 30.3 Å². The second-order valence-corrected chi connectivity index (χ2v) is 8.59. The standard InChI is InChI=1S/C19H18N4O5S/c24-23(25)15-9-11-16(12-10-15)29(26,27)22-13-5-4-8-17(22)19-20-18(21-28-19)14-6-2-1-3-7-14/h1-3,6-7,9-12,17H,4-5,8,13H2/t17-/m0/s1. The fourth-order valence-corrected chi connectivity index (χ4v) is 5.04. The normalized spacial score (nSPS) is 17.9. The number of hydrogen-bond donors (Lipinski definition) is 0. The molecule has 0 bridgehead atoms. The second-order valence-electron chi connectivity index (χ2n) is 6.70. The summed E-state index contributed by atoms with van der Waals surface area (Å²) in [5.74, 6) is 0.646. The summed E-state index contributed by atoms with van der Waals surface area (Å²) in [6, 6.07) is 13.6. The lowest BCUT2D eigenvalue weighted by Crippen LogP contribution is -2.38. The van der Waals surface area contributed by atoms with Crippen molar-refractivity contribution in [2.75, 3.05) is 6.54 Å². The van der Waals surface area contributed by atoms with E-state index in [4.69, 9.17) is 4.52 Å². The summed E-state index contributed by atoms with van der Waals surface area (Å²) >= 11 is 0. The molecule has 0 N–H and O–H groups in total. The maximum absolute atomic E-state index is 13.2. The van der Waals surface area contributed by atoms with Crippen molar-refractivity contribution in [2.24, 2.45) is 0 Å². The van der Waals surface area contributed by atoms with Crippen molar-refractivity contribution in [1.82, 2.24) is 14.4 Å². The zero-order valence-corrected chi connectivity index (χ0v) is 16.2. The number of hydrogen-bond acceptors (Lipinski definition) is 7. The third-order valence-corrected chi connectivity index (χ3v) is 6.79. The van der Waals surface area contributed by atoms with Gasteiger partial charge in [-0.05, 0) is 25.0 Å². The molecule has 1 saturated heterocycles. The highest BCUT2D eigenvalue weighted by Gasteiger charge is 2.37. The average molecular weight is 414 g/mol. The van der Waals surface area contributed by atoms with Gasteiger partial charge in [-0.25, -0.2) is 8.42 Å². The summed E-state index contributed by atoms with van der Waals surface area (Å²) in [7, 11) is -3.87. The zero-order chi connectivity index (χ0) is 20.4. The Balaban J connectivity index is 1.65. The van der Waals surface area contributed by atoms with Gasteiger partial charge in [0.1, 0.15) is 6.04 Å². The van der Waals surface area contributed by atoms with Crippen LogP contribution in [0.2, 0.25) is 0 Å². The summed E-state index contributed by atoms with van der Waals surface area (Å²) in [5.41, 5.74) is 0.617. The maximum Gasteiger partial charge on any atom is 0.269 e. The van der Waals surface area contributed by atoms with Crippen LogP contribution in [0.15, 0.2) is 64.0 Å². The molecular weight excluding hydrogens is 396 g/mol. The van der Waals surface area contributed by atoms with Gasteiger partial charge in [0.25, 0.3) is 5.69 Å². The van der Waals surface area contributed by atoms with Gasteiger partial charge in [-0.1, -0.05) is 41.9 Å². The van der Waals surface area contributed by atoms with Crippen molar-refractivity contribution in [1.29, 1.82) is 0 Å². The molecule has 0 radical (unpaired) electrons. The Bertz CT molecular complexity index is 1110. The van der Waals surface area contributed by atoms with E-state index < -0.39 is 21.0 Å². The molecule has 1 aliphatic heterocycles. The number of non-ortho nitro benzene ring substituents is 1. The molecule has 29 heavy (non-hydrogen) atoms. The number of aromatic nitrogens is 2. The van der Waals surface area contributed by atoms with Crippen LogP contribution in [0.1, 0.15) is 31.2 Å². The Morgan fingerprint density at radius 2 is 1.79 bits per heavy atom. The van der Waals surface area contributed by atoms with E-state index in [1.165, 1.54) is 28.6 Å². The van der Waals surface area contributed by atoms with Crippen LogP contribution < -0.4 is 0 Å². The highest BCUT2D eigenvalue weighted by molar-refractivity contribution is 7.89. The Kier molecular flexibility index (Phi) is 5.12. The van der Waals surface area contributed by atoms with E-state index >= 15 is 0 Å². The maximum atomic E-state index is 13.2. The molecule has 0 spiro atoms. The third kappa shape index (κ3) is 3.76. The van der Waals surface area contributed by atoms with Gasteiger partial charge in [0.05, 0.1) is 9.82 Å². The van der Waals surface area contributed by atoms with Gasteiger partial charge in [-0.2, -0.15) is 9.29 Å². The fourth-order valence-electron chi connectivity index (χ4n) is 3.39. The van der Waals surface area contributed by atoms with Crippen LogP contribution in [0.5, 0.6) is 0 Å². The Morgan fingerprint density at radius 1 is 1.07 bits per heavy atom. The van der Waals surface area contributed by atoms with Crippen molar-refractivity contribution in [3.8, 4) is 11.4 Å².